The molecule has 3 aromatic rings. The fourth-order valence-corrected chi connectivity index (χ4v) is 4.08. The van der Waals surface area contributed by atoms with Crippen molar-refractivity contribution in [3.05, 3.63) is 60.2 Å². The summed E-state index contributed by atoms with van der Waals surface area (Å²) in [6.45, 7) is 2.08. The highest BCUT2D eigenvalue weighted by Crippen LogP contribution is 2.45. The monoisotopic (exact) mass is 397 g/mol. The Balaban J connectivity index is 2.02. The van der Waals surface area contributed by atoms with Crippen LogP contribution >= 0.6 is 0 Å². The third kappa shape index (κ3) is 3.19. The lowest BCUT2D eigenvalue weighted by Gasteiger charge is -2.15. The fraction of sp³-hybridized carbons (Fsp3) is 0.143. The first kappa shape index (κ1) is 18.3. The molecule has 0 saturated carbocycles. The fourth-order valence-electron chi connectivity index (χ4n) is 3.33. The minimum atomic E-state index is -3.91. The van der Waals surface area contributed by atoms with E-state index in [0.717, 1.165) is 22.4 Å². The summed E-state index contributed by atoms with van der Waals surface area (Å²) in [5.41, 5.74) is 3.83. The van der Waals surface area contributed by atoms with Crippen molar-refractivity contribution < 1.29 is 22.6 Å². The molecule has 144 valence electrons. The Morgan fingerprint density at radius 2 is 1.61 bits per heavy atom. The van der Waals surface area contributed by atoms with E-state index in [1.807, 2.05) is 31.2 Å². The van der Waals surface area contributed by atoms with Crippen molar-refractivity contribution in [2.75, 3.05) is 13.9 Å². The molecule has 0 amide bonds. The van der Waals surface area contributed by atoms with Crippen LogP contribution in [0.15, 0.2) is 59.5 Å². The van der Waals surface area contributed by atoms with Crippen molar-refractivity contribution in [3.63, 3.8) is 0 Å². The quantitative estimate of drug-likeness (QED) is 0.725. The molecule has 0 saturated heterocycles. The van der Waals surface area contributed by atoms with Crippen molar-refractivity contribution in [2.24, 2.45) is 5.14 Å². The highest BCUT2D eigenvalue weighted by Gasteiger charge is 2.23. The maximum Gasteiger partial charge on any atom is 0.238 e. The number of sulfonamides is 1. The Hall–Kier alpha value is -3.03. The highest BCUT2D eigenvalue weighted by molar-refractivity contribution is 7.89. The Labute approximate surface area is 163 Å². The van der Waals surface area contributed by atoms with E-state index in [1.54, 1.807) is 31.4 Å². The normalized spacial score (nSPS) is 12.8. The van der Waals surface area contributed by atoms with E-state index < -0.39 is 10.0 Å². The van der Waals surface area contributed by atoms with Crippen LogP contribution in [0.5, 0.6) is 17.2 Å². The number of hydrogen-bond donors (Lipinski definition) is 1. The van der Waals surface area contributed by atoms with E-state index in [0.29, 0.717) is 22.6 Å². The summed E-state index contributed by atoms with van der Waals surface area (Å²) in [5, 5.41) is 5.46. The number of nitrogens with two attached hydrogens (primary N) is 1. The summed E-state index contributed by atoms with van der Waals surface area (Å²) in [5.74, 6) is 1.90. The van der Waals surface area contributed by atoms with Gasteiger partial charge in [0.05, 0.1) is 12.0 Å². The van der Waals surface area contributed by atoms with E-state index in [2.05, 4.69) is 0 Å². The molecule has 2 N–H and O–H groups in total. The zero-order valence-electron chi connectivity index (χ0n) is 15.4. The van der Waals surface area contributed by atoms with Gasteiger partial charge >= 0.3 is 0 Å². The van der Waals surface area contributed by atoms with E-state index >= 15 is 0 Å². The molecule has 0 aromatic heterocycles. The van der Waals surface area contributed by atoms with Gasteiger partial charge in [-0.15, -0.1) is 0 Å². The molecule has 3 aromatic carbocycles. The van der Waals surface area contributed by atoms with Crippen LogP contribution in [0, 0.1) is 6.92 Å². The number of fused-ring (bicyclic) bond motifs is 1. The molecule has 6 nitrogen and oxygen atoms in total. The van der Waals surface area contributed by atoms with Crippen LogP contribution in [0.4, 0.5) is 0 Å². The SMILES string of the molecule is COc1cc(-c2cc3c(cc2-c2ccccc2S(N)(=O)=O)OCO3)ccc1C. The minimum absolute atomic E-state index is 0.0502. The number of hydrogen-bond acceptors (Lipinski definition) is 5. The first-order chi connectivity index (χ1) is 13.4. The molecule has 1 aliphatic heterocycles. The van der Waals surface area contributed by atoms with E-state index in [9.17, 15) is 8.42 Å². The van der Waals surface area contributed by atoms with Gasteiger partial charge in [0.15, 0.2) is 11.5 Å². The van der Waals surface area contributed by atoms with Crippen molar-refractivity contribution in [2.45, 2.75) is 11.8 Å². The van der Waals surface area contributed by atoms with Crippen LogP contribution in [0.3, 0.4) is 0 Å². The lowest BCUT2D eigenvalue weighted by Crippen LogP contribution is -2.13. The molecule has 0 radical (unpaired) electrons. The van der Waals surface area contributed by atoms with Gasteiger partial charge < -0.3 is 14.2 Å². The summed E-state index contributed by atoms with van der Waals surface area (Å²) in [6.07, 6.45) is 0. The largest absolute Gasteiger partial charge is 0.496 e. The number of primary sulfonamides is 1. The summed E-state index contributed by atoms with van der Waals surface area (Å²) < 4.78 is 40.8. The van der Waals surface area contributed by atoms with Crippen molar-refractivity contribution in [1.29, 1.82) is 0 Å². The maximum absolute atomic E-state index is 12.2. The van der Waals surface area contributed by atoms with Gasteiger partial charge in [-0.3, -0.25) is 0 Å². The van der Waals surface area contributed by atoms with Crippen molar-refractivity contribution >= 4 is 10.0 Å². The first-order valence-corrected chi connectivity index (χ1v) is 10.1. The molecule has 0 unspecified atom stereocenters. The van der Waals surface area contributed by atoms with E-state index in [4.69, 9.17) is 19.3 Å². The van der Waals surface area contributed by atoms with Crippen molar-refractivity contribution in [1.82, 2.24) is 0 Å². The summed E-state index contributed by atoms with van der Waals surface area (Å²) in [7, 11) is -2.30. The lowest BCUT2D eigenvalue weighted by molar-refractivity contribution is 0.174. The Morgan fingerprint density at radius 3 is 2.29 bits per heavy atom. The van der Waals surface area contributed by atoms with Gasteiger partial charge in [0, 0.05) is 5.56 Å². The summed E-state index contributed by atoms with van der Waals surface area (Å²) in [6, 6.07) is 16.1. The lowest BCUT2D eigenvalue weighted by atomic mass is 9.93. The van der Waals surface area contributed by atoms with Crippen LogP contribution in [0.25, 0.3) is 22.3 Å². The zero-order valence-corrected chi connectivity index (χ0v) is 16.2. The molecule has 28 heavy (non-hydrogen) atoms. The van der Waals surface area contributed by atoms with Gasteiger partial charge in [-0.05, 0) is 53.4 Å². The number of rotatable bonds is 4. The highest BCUT2D eigenvalue weighted by atomic mass is 32.2. The standard InChI is InChI=1S/C21H19NO5S/c1-13-7-8-14(9-18(13)25-2)16-10-19-20(27-12-26-19)11-17(16)15-5-3-4-6-21(15)28(22,23)24/h3-11H,12H2,1-2H3,(H2,22,23,24). The number of ether oxygens (including phenoxy) is 3. The molecule has 4 rings (SSSR count). The minimum Gasteiger partial charge on any atom is -0.496 e. The molecule has 1 heterocycles. The molecular formula is C21H19NO5S. The van der Waals surface area contributed by atoms with Gasteiger partial charge in [0.1, 0.15) is 5.75 Å². The van der Waals surface area contributed by atoms with Gasteiger partial charge in [-0.1, -0.05) is 30.3 Å². The summed E-state index contributed by atoms with van der Waals surface area (Å²) in [4.78, 5) is 0.0502. The topological polar surface area (TPSA) is 87.9 Å². The number of aryl methyl sites for hydroxylation is 1. The second-order valence-corrected chi connectivity index (χ2v) is 8.01. The molecule has 0 fully saturated rings. The number of benzene rings is 3. The Bertz CT molecular complexity index is 1170. The van der Waals surface area contributed by atoms with Gasteiger partial charge in [-0.25, -0.2) is 13.6 Å². The van der Waals surface area contributed by atoms with Gasteiger partial charge in [0.2, 0.25) is 16.8 Å². The third-order valence-electron chi connectivity index (χ3n) is 4.72. The average Bonchev–Trinajstić information content (AvgIpc) is 3.14. The maximum atomic E-state index is 12.2. The van der Waals surface area contributed by atoms with E-state index in [-0.39, 0.29) is 11.7 Å². The van der Waals surface area contributed by atoms with Crippen LogP contribution in [0.1, 0.15) is 5.56 Å². The predicted molar refractivity (Wildman–Crippen MR) is 106 cm³/mol. The summed E-state index contributed by atoms with van der Waals surface area (Å²) >= 11 is 0. The number of methoxy groups -OCH3 is 1. The van der Waals surface area contributed by atoms with Crippen LogP contribution in [-0.2, 0) is 10.0 Å². The molecule has 0 bridgehead atoms. The zero-order chi connectivity index (χ0) is 19.9. The molecule has 0 aliphatic carbocycles. The molecule has 0 spiro atoms. The third-order valence-corrected chi connectivity index (χ3v) is 5.68. The predicted octanol–water partition coefficient (Wildman–Crippen LogP) is 3.71. The van der Waals surface area contributed by atoms with Crippen molar-refractivity contribution in [3.8, 4) is 39.5 Å². The Kier molecular flexibility index (Phi) is 4.49. The van der Waals surface area contributed by atoms with Crippen LogP contribution < -0.4 is 19.3 Å². The van der Waals surface area contributed by atoms with E-state index in [1.165, 1.54) is 6.07 Å². The second kappa shape index (κ2) is 6.85. The van der Waals surface area contributed by atoms with Crippen LogP contribution in [-0.4, -0.2) is 22.3 Å². The average molecular weight is 397 g/mol. The molecule has 1 aliphatic rings. The molecule has 0 atom stereocenters. The molecule has 7 heteroatoms. The van der Waals surface area contributed by atoms with Gasteiger partial charge in [-0.2, -0.15) is 0 Å². The van der Waals surface area contributed by atoms with Crippen LogP contribution in [0.2, 0.25) is 0 Å². The van der Waals surface area contributed by atoms with Gasteiger partial charge in [0.25, 0.3) is 0 Å². The second-order valence-electron chi connectivity index (χ2n) is 6.48. The Morgan fingerprint density at radius 1 is 0.929 bits per heavy atom. The first-order valence-electron chi connectivity index (χ1n) is 8.59. The molecular weight excluding hydrogens is 378 g/mol. The smallest absolute Gasteiger partial charge is 0.238 e.